The highest BCUT2D eigenvalue weighted by Gasteiger charge is 2.55. The van der Waals surface area contributed by atoms with Crippen molar-refractivity contribution in [3.05, 3.63) is 0 Å². The average Bonchev–Trinajstić information content (AvgIpc) is 3.07. The van der Waals surface area contributed by atoms with E-state index < -0.39 is 0 Å². The van der Waals surface area contributed by atoms with Crippen LogP contribution in [0.5, 0.6) is 0 Å². The van der Waals surface area contributed by atoms with Crippen molar-refractivity contribution in [2.75, 3.05) is 7.05 Å². The van der Waals surface area contributed by atoms with Crippen LogP contribution in [-0.2, 0) is 0 Å². The predicted molar refractivity (Wildman–Crippen MR) is 72.9 cm³/mol. The van der Waals surface area contributed by atoms with E-state index in [1.165, 1.54) is 51.4 Å². The topological polar surface area (TPSA) is 12.0 Å². The van der Waals surface area contributed by atoms with Crippen molar-refractivity contribution in [2.24, 2.45) is 29.6 Å². The summed E-state index contributed by atoms with van der Waals surface area (Å²) in [6, 6.07) is 0.857. The van der Waals surface area contributed by atoms with Gasteiger partial charge in [0.1, 0.15) is 0 Å². The fourth-order valence-electron chi connectivity index (χ4n) is 4.97. The van der Waals surface area contributed by atoms with E-state index in [1.807, 2.05) is 0 Å². The summed E-state index contributed by atoms with van der Waals surface area (Å²) in [5, 5.41) is 3.70. The van der Waals surface area contributed by atoms with Gasteiger partial charge in [0.25, 0.3) is 0 Å². The lowest BCUT2D eigenvalue weighted by Gasteiger charge is -2.33. The molecule has 0 aromatic heterocycles. The minimum atomic E-state index is 0.857. The quantitative estimate of drug-likeness (QED) is 0.784. The van der Waals surface area contributed by atoms with Crippen LogP contribution in [0, 0.1) is 29.6 Å². The van der Waals surface area contributed by atoms with Gasteiger partial charge in [-0.25, -0.2) is 0 Å². The lowest BCUT2D eigenvalue weighted by atomic mass is 9.77. The van der Waals surface area contributed by atoms with E-state index in [1.54, 1.807) is 0 Å². The molecule has 3 aliphatic rings. The molecule has 0 heterocycles. The maximum atomic E-state index is 3.70. The summed E-state index contributed by atoms with van der Waals surface area (Å²) in [5.74, 6) is 5.26. The maximum absolute atomic E-state index is 3.70. The van der Waals surface area contributed by atoms with Gasteiger partial charge in [0.2, 0.25) is 0 Å². The Kier molecular flexibility index (Phi) is 3.47. The number of hydrogen-bond donors (Lipinski definition) is 1. The van der Waals surface area contributed by atoms with Crippen LogP contribution in [-0.4, -0.2) is 13.1 Å². The van der Waals surface area contributed by atoms with Crippen molar-refractivity contribution in [2.45, 2.75) is 64.3 Å². The summed E-state index contributed by atoms with van der Waals surface area (Å²) in [6.07, 6.45) is 12.0. The highest BCUT2D eigenvalue weighted by molar-refractivity contribution is 5.06. The summed E-state index contributed by atoms with van der Waals surface area (Å²) in [6.45, 7) is 2.43. The third-order valence-corrected chi connectivity index (χ3v) is 6.04. The van der Waals surface area contributed by atoms with Crippen LogP contribution < -0.4 is 5.32 Å². The second-order valence-electron chi connectivity index (χ2n) is 7.02. The first-order valence-corrected chi connectivity index (χ1v) is 7.98. The second-order valence-corrected chi connectivity index (χ2v) is 7.02. The summed E-state index contributed by atoms with van der Waals surface area (Å²) in [5.41, 5.74) is 0. The molecule has 0 aliphatic heterocycles. The molecule has 0 radical (unpaired) electrons. The van der Waals surface area contributed by atoms with Crippen LogP contribution in [0.1, 0.15) is 58.3 Å². The van der Waals surface area contributed by atoms with E-state index in [0.29, 0.717) is 0 Å². The average molecular weight is 235 g/mol. The third kappa shape index (κ3) is 2.28. The Balaban J connectivity index is 1.60. The van der Waals surface area contributed by atoms with E-state index in [-0.39, 0.29) is 0 Å². The SMILES string of the molecule is CNC(C1CCC(C)CC1)C1C2CCCCC21. The van der Waals surface area contributed by atoms with Gasteiger partial charge >= 0.3 is 0 Å². The molecule has 1 N–H and O–H groups in total. The highest BCUT2D eigenvalue weighted by Crippen LogP contribution is 2.58. The zero-order valence-electron chi connectivity index (χ0n) is 11.6. The van der Waals surface area contributed by atoms with Gasteiger partial charge < -0.3 is 5.32 Å². The van der Waals surface area contributed by atoms with Crippen LogP contribution in [0.3, 0.4) is 0 Å². The van der Waals surface area contributed by atoms with E-state index in [9.17, 15) is 0 Å². The highest BCUT2D eigenvalue weighted by atomic mass is 14.9. The van der Waals surface area contributed by atoms with Crippen molar-refractivity contribution >= 4 is 0 Å². The zero-order chi connectivity index (χ0) is 11.8. The molecule has 0 amide bonds. The van der Waals surface area contributed by atoms with Gasteiger partial charge in [-0.1, -0.05) is 32.6 Å². The molecule has 3 saturated carbocycles. The molecule has 3 rings (SSSR count). The van der Waals surface area contributed by atoms with Crippen molar-refractivity contribution < 1.29 is 0 Å². The van der Waals surface area contributed by atoms with Crippen LogP contribution in [0.2, 0.25) is 0 Å². The zero-order valence-corrected chi connectivity index (χ0v) is 11.6. The molecule has 1 heteroatoms. The molecule has 3 atom stereocenters. The molecule has 3 unspecified atom stereocenters. The Morgan fingerprint density at radius 1 is 0.882 bits per heavy atom. The van der Waals surface area contributed by atoms with Crippen LogP contribution in [0.4, 0.5) is 0 Å². The van der Waals surface area contributed by atoms with E-state index in [4.69, 9.17) is 0 Å². The summed E-state index contributed by atoms with van der Waals surface area (Å²) >= 11 is 0. The molecule has 0 aromatic rings. The maximum Gasteiger partial charge on any atom is 0.0126 e. The molecule has 0 spiro atoms. The fourth-order valence-corrected chi connectivity index (χ4v) is 4.97. The van der Waals surface area contributed by atoms with Gasteiger partial charge in [0.15, 0.2) is 0 Å². The lowest BCUT2D eigenvalue weighted by molar-refractivity contribution is 0.213. The van der Waals surface area contributed by atoms with E-state index in [0.717, 1.165) is 35.6 Å². The molecular formula is C16H29N. The Labute approximate surface area is 107 Å². The fraction of sp³-hybridized carbons (Fsp3) is 1.00. The number of fused-ring (bicyclic) bond motifs is 1. The summed E-state index contributed by atoms with van der Waals surface area (Å²) < 4.78 is 0. The van der Waals surface area contributed by atoms with Crippen molar-refractivity contribution in [3.63, 3.8) is 0 Å². The van der Waals surface area contributed by atoms with E-state index in [2.05, 4.69) is 19.3 Å². The number of rotatable bonds is 3. The van der Waals surface area contributed by atoms with Gasteiger partial charge in [0.05, 0.1) is 0 Å². The molecule has 3 aliphatic carbocycles. The summed E-state index contributed by atoms with van der Waals surface area (Å²) in [7, 11) is 2.22. The van der Waals surface area contributed by atoms with Gasteiger partial charge in [-0.05, 0) is 62.3 Å². The summed E-state index contributed by atoms with van der Waals surface area (Å²) in [4.78, 5) is 0. The number of nitrogens with one attached hydrogen (secondary N) is 1. The van der Waals surface area contributed by atoms with Crippen LogP contribution in [0.15, 0.2) is 0 Å². The van der Waals surface area contributed by atoms with Crippen LogP contribution in [0.25, 0.3) is 0 Å². The first-order chi connectivity index (χ1) is 8.31. The lowest BCUT2D eigenvalue weighted by Crippen LogP contribution is -2.38. The molecular weight excluding hydrogens is 206 g/mol. The largest absolute Gasteiger partial charge is 0.316 e. The standard InChI is InChI=1S/C16H29N/c1-11-7-9-12(10-8-11)16(17-2)15-13-5-3-4-6-14(13)15/h11-17H,3-10H2,1-2H3. The number of hydrogen-bond acceptors (Lipinski definition) is 1. The Bertz CT molecular complexity index is 242. The predicted octanol–water partition coefficient (Wildman–Crippen LogP) is 3.84. The Morgan fingerprint density at radius 2 is 1.47 bits per heavy atom. The third-order valence-electron chi connectivity index (χ3n) is 6.04. The van der Waals surface area contributed by atoms with Gasteiger partial charge in [0, 0.05) is 6.04 Å². The monoisotopic (exact) mass is 235 g/mol. The van der Waals surface area contributed by atoms with Gasteiger partial charge in [-0.3, -0.25) is 0 Å². The Hall–Kier alpha value is -0.0400. The molecule has 0 saturated heterocycles. The second kappa shape index (κ2) is 4.91. The van der Waals surface area contributed by atoms with Crippen LogP contribution >= 0.6 is 0 Å². The van der Waals surface area contributed by atoms with Gasteiger partial charge in [-0.15, -0.1) is 0 Å². The van der Waals surface area contributed by atoms with Crippen molar-refractivity contribution in [3.8, 4) is 0 Å². The van der Waals surface area contributed by atoms with Gasteiger partial charge in [-0.2, -0.15) is 0 Å². The molecule has 1 nitrogen and oxygen atoms in total. The van der Waals surface area contributed by atoms with Crippen molar-refractivity contribution in [1.82, 2.24) is 5.32 Å². The molecule has 17 heavy (non-hydrogen) atoms. The molecule has 98 valence electrons. The Morgan fingerprint density at radius 3 is 2.00 bits per heavy atom. The van der Waals surface area contributed by atoms with E-state index >= 15 is 0 Å². The smallest absolute Gasteiger partial charge is 0.0126 e. The molecule has 3 fully saturated rings. The minimum Gasteiger partial charge on any atom is -0.316 e. The normalized spacial score (nSPS) is 47.3. The first kappa shape index (κ1) is 12.0. The first-order valence-electron chi connectivity index (χ1n) is 7.98. The molecule has 0 bridgehead atoms. The van der Waals surface area contributed by atoms with Crippen molar-refractivity contribution in [1.29, 1.82) is 0 Å². The minimum absolute atomic E-state index is 0.857. The molecule has 0 aromatic carbocycles.